The molecule has 3 atom stereocenters. The van der Waals surface area contributed by atoms with Crippen LogP contribution in [0.4, 0.5) is 4.79 Å². The zero-order chi connectivity index (χ0) is 14.3. The first-order chi connectivity index (χ1) is 9.56. The second-order valence-electron chi connectivity index (χ2n) is 5.57. The molecule has 3 rings (SSSR count). The minimum Gasteiger partial charge on any atom is -0.481 e. The normalized spacial score (nSPS) is 27.9. The van der Waals surface area contributed by atoms with Gasteiger partial charge in [-0.2, -0.15) is 5.10 Å². The average Bonchev–Trinajstić information content (AvgIpc) is 3.09. The molecule has 7 nitrogen and oxygen atoms in total. The lowest BCUT2D eigenvalue weighted by atomic mass is 9.89. The number of fused-ring (bicyclic) bond motifs is 2. The Labute approximate surface area is 116 Å². The Bertz CT molecular complexity index is 541. The van der Waals surface area contributed by atoms with Gasteiger partial charge in [-0.1, -0.05) is 0 Å². The number of nitrogens with zero attached hydrogens (tertiary/aromatic N) is 3. The van der Waals surface area contributed by atoms with Crippen LogP contribution in [-0.2, 0) is 18.4 Å². The van der Waals surface area contributed by atoms with Crippen LogP contribution in [-0.4, -0.2) is 43.9 Å². The molecule has 0 aliphatic carbocycles. The summed E-state index contributed by atoms with van der Waals surface area (Å²) in [6.45, 7) is 0.417. The molecule has 7 heteroatoms. The van der Waals surface area contributed by atoms with Crippen LogP contribution in [0.1, 0.15) is 24.8 Å². The maximum Gasteiger partial charge on any atom is 0.318 e. The van der Waals surface area contributed by atoms with Crippen molar-refractivity contribution in [2.24, 2.45) is 13.0 Å². The Morgan fingerprint density at radius 2 is 2.30 bits per heavy atom. The number of carbonyl (C=O) groups is 2. The lowest BCUT2D eigenvalue weighted by Crippen LogP contribution is -2.44. The molecule has 1 aromatic rings. The van der Waals surface area contributed by atoms with Gasteiger partial charge in [0.2, 0.25) is 0 Å². The van der Waals surface area contributed by atoms with Crippen molar-refractivity contribution in [2.45, 2.75) is 37.9 Å². The van der Waals surface area contributed by atoms with Gasteiger partial charge < -0.3 is 15.3 Å². The molecule has 2 aliphatic rings. The zero-order valence-electron chi connectivity index (χ0n) is 11.3. The SMILES string of the molecule is Cn1cc(CNC(=O)N2C3CCC2C(C(=O)O)C3)cn1. The molecule has 2 fully saturated rings. The van der Waals surface area contributed by atoms with E-state index in [4.69, 9.17) is 0 Å². The van der Waals surface area contributed by atoms with Crippen molar-refractivity contribution in [1.29, 1.82) is 0 Å². The highest BCUT2D eigenvalue weighted by Crippen LogP contribution is 2.41. The Kier molecular flexibility index (Phi) is 3.11. The van der Waals surface area contributed by atoms with Gasteiger partial charge in [-0.25, -0.2) is 4.79 Å². The third-order valence-corrected chi connectivity index (χ3v) is 4.29. The number of nitrogens with one attached hydrogen (secondary N) is 1. The molecular weight excluding hydrogens is 260 g/mol. The summed E-state index contributed by atoms with van der Waals surface area (Å²) in [4.78, 5) is 25.2. The molecule has 0 saturated carbocycles. The van der Waals surface area contributed by atoms with Gasteiger partial charge in [0.05, 0.1) is 12.1 Å². The molecule has 2 N–H and O–H groups in total. The number of hydrogen-bond acceptors (Lipinski definition) is 3. The molecule has 2 amide bonds. The quantitative estimate of drug-likeness (QED) is 0.846. The minimum absolute atomic E-state index is 0.0787. The summed E-state index contributed by atoms with van der Waals surface area (Å²) in [5, 5.41) is 16.1. The van der Waals surface area contributed by atoms with Gasteiger partial charge >= 0.3 is 12.0 Å². The van der Waals surface area contributed by atoms with Crippen molar-refractivity contribution >= 4 is 12.0 Å². The Hall–Kier alpha value is -2.05. The molecule has 2 bridgehead atoms. The van der Waals surface area contributed by atoms with Gasteiger partial charge in [0.15, 0.2) is 0 Å². The molecular formula is C13H18N4O3. The van der Waals surface area contributed by atoms with Crippen LogP contribution < -0.4 is 5.32 Å². The van der Waals surface area contributed by atoms with E-state index in [0.717, 1.165) is 18.4 Å². The number of carboxylic acid groups (broad SMARTS) is 1. The van der Waals surface area contributed by atoms with E-state index in [1.165, 1.54) is 0 Å². The van der Waals surface area contributed by atoms with Crippen LogP contribution in [0.25, 0.3) is 0 Å². The van der Waals surface area contributed by atoms with E-state index in [0.29, 0.717) is 13.0 Å². The first-order valence-corrected chi connectivity index (χ1v) is 6.82. The average molecular weight is 278 g/mol. The largest absolute Gasteiger partial charge is 0.481 e. The Balaban J connectivity index is 1.62. The number of carboxylic acids is 1. The molecule has 20 heavy (non-hydrogen) atoms. The predicted octanol–water partition coefficient (Wildman–Crippen LogP) is 0.567. The number of urea groups is 1. The summed E-state index contributed by atoms with van der Waals surface area (Å²) in [5.41, 5.74) is 0.933. The van der Waals surface area contributed by atoms with E-state index in [9.17, 15) is 14.7 Å². The van der Waals surface area contributed by atoms with Gasteiger partial charge in [-0.15, -0.1) is 0 Å². The summed E-state index contributed by atoms with van der Waals surface area (Å²) in [7, 11) is 1.82. The summed E-state index contributed by atoms with van der Waals surface area (Å²) in [6, 6.07) is -0.230. The molecule has 108 valence electrons. The van der Waals surface area contributed by atoms with E-state index < -0.39 is 11.9 Å². The third kappa shape index (κ3) is 2.13. The van der Waals surface area contributed by atoms with Crippen LogP contribution in [0.5, 0.6) is 0 Å². The van der Waals surface area contributed by atoms with Crippen LogP contribution in [0, 0.1) is 5.92 Å². The van der Waals surface area contributed by atoms with Crippen molar-refractivity contribution in [3.63, 3.8) is 0 Å². The number of aliphatic carboxylic acids is 1. The summed E-state index contributed by atoms with van der Waals surface area (Å²) < 4.78 is 1.68. The third-order valence-electron chi connectivity index (χ3n) is 4.29. The van der Waals surface area contributed by atoms with Crippen molar-refractivity contribution in [1.82, 2.24) is 20.0 Å². The van der Waals surface area contributed by atoms with E-state index in [1.807, 2.05) is 13.2 Å². The van der Waals surface area contributed by atoms with Gasteiger partial charge in [-0.3, -0.25) is 9.48 Å². The van der Waals surface area contributed by atoms with Crippen LogP contribution in [0.2, 0.25) is 0 Å². The van der Waals surface area contributed by atoms with Crippen molar-refractivity contribution in [2.75, 3.05) is 0 Å². The highest BCUT2D eigenvalue weighted by Gasteiger charge is 2.51. The highest BCUT2D eigenvalue weighted by molar-refractivity contribution is 5.79. The van der Waals surface area contributed by atoms with Crippen molar-refractivity contribution < 1.29 is 14.7 Å². The standard InChI is InChI=1S/C13H18N4O3/c1-16-7-8(6-15-16)5-14-13(20)17-9-2-3-11(17)10(4-9)12(18)19/h6-7,9-11H,2-5H2,1H3,(H,14,20)(H,18,19). The number of aromatic nitrogens is 2. The fourth-order valence-corrected chi connectivity index (χ4v) is 3.40. The van der Waals surface area contributed by atoms with E-state index in [-0.39, 0.29) is 18.1 Å². The smallest absolute Gasteiger partial charge is 0.318 e. The number of rotatable bonds is 3. The van der Waals surface area contributed by atoms with Crippen LogP contribution in [0.15, 0.2) is 12.4 Å². The number of hydrogen-bond donors (Lipinski definition) is 2. The maximum atomic E-state index is 12.2. The molecule has 1 aromatic heterocycles. The number of carbonyl (C=O) groups excluding carboxylic acids is 1. The maximum absolute atomic E-state index is 12.2. The monoisotopic (exact) mass is 278 g/mol. The Morgan fingerprint density at radius 1 is 1.50 bits per heavy atom. The lowest BCUT2D eigenvalue weighted by Gasteiger charge is -2.23. The summed E-state index contributed by atoms with van der Waals surface area (Å²) in [5.74, 6) is -1.19. The van der Waals surface area contributed by atoms with Gasteiger partial charge in [0.1, 0.15) is 0 Å². The van der Waals surface area contributed by atoms with Crippen LogP contribution in [0.3, 0.4) is 0 Å². The molecule has 0 spiro atoms. The summed E-state index contributed by atoms with van der Waals surface area (Å²) >= 11 is 0. The van der Waals surface area contributed by atoms with Gasteiger partial charge in [0, 0.05) is 37.4 Å². The van der Waals surface area contributed by atoms with E-state index >= 15 is 0 Å². The molecule has 3 heterocycles. The van der Waals surface area contributed by atoms with Gasteiger partial charge in [-0.05, 0) is 19.3 Å². The highest BCUT2D eigenvalue weighted by atomic mass is 16.4. The van der Waals surface area contributed by atoms with E-state index in [1.54, 1.807) is 15.8 Å². The van der Waals surface area contributed by atoms with E-state index in [2.05, 4.69) is 10.4 Å². The lowest BCUT2D eigenvalue weighted by molar-refractivity contribution is -0.142. The van der Waals surface area contributed by atoms with Crippen molar-refractivity contribution in [3.8, 4) is 0 Å². The topological polar surface area (TPSA) is 87.5 Å². The fraction of sp³-hybridized carbons (Fsp3) is 0.615. The molecule has 0 radical (unpaired) electrons. The van der Waals surface area contributed by atoms with Crippen LogP contribution >= 0.6 is 0 Å². The molecule has 2 saturated heterocycles. The molecule has 0 aromatic carbocycles. The fourth-order valence-electron chi connectivity index (χ4n) is 3.40. The Morgan fingerprint density at radius 3 is 2.90 bits per heavy atom. The first kappa shape index (κ1) is 13.0. The molecule has 2 aliphatic heterocycles. The molecule has 3 unspecified atom stereocenters. The van der Waals surface area contributed by atoms with Crippen molar-refractivity contribution in [3.05, 3.63) is 18.0 Å². The predicted molar refractivity (Wildman–Crippen MR) is 69.8 cm³/mol. The zero-order valence-corrected chi connectivity index (χ0v) is 11.3. The first-order valence-electron chi connectivity index (χ1n) is 6.82. The second-order valence-corrected chi connectivity index (χ2v) is 5.57. The summed E-state index contributed by atoms with van der Waals surface area (Å²) in [6.07, 6.45) is 5.84. The number of aryl methyl sites for hydroxylation is 1. The minimum atomic E-state index is -0.790. The van der Waals surface area contributed by atoms with Gasteiger partial charge in [0.25, 0.3) is 0 Å². The number of amides is 2. The second kappa shape index (κ2) is 4.81.